The molecule has 3 fully saturated rings. The monoisotopic (exact) mass is 635 g/mol. The zero-order chi connectivity index (χ0) is 33.5. The number of carbonyl (C=O) groups excluding carboxylic acids is 6. The average molecular weight is 635 g/mol. The van der Waals surface area contributed by atoms with Gasteiger partial charge < -0.3 is 0 Å². The van der Waals surface area contributed by atoms with Crippen LogP contribution in [0.3, 0.4) is 0 Å². The van der Waals surface area contributed by atoms with E-state index in [2.05, 4.69) is 0 Å². The average Bonchev–Trinajstić information content (AvgIpc) is 3.42. The van der Waals surface area contributed by atoms with Crippen molar-refractivity contribution < 1.29 is 47.7 Å². The summed E-state index contributed by atoms with van der Waals surface area (Å²) in [7, 11) is 5.37. The second-order valence-electron chi connectivity index (χ2n) is 11.5. The maximum absolute atomic E-state index is 13.6. The van der Waals surface area contributed by atoms with Crippen molar-refractivity contribution in [1.82, 2.24) is 9.80 Å². The Morgan fingerprint density at radius 3 is 1.53 bits per heavy atom. The van der Waals surface area contributed by atoms with E-state index < -0.39 is 77.9 Å². The summed E-state index contributed by atoms with van der Waals surface area (Å²) in [5, 5.41) is 0. The van der Waals surface area contributed by atoms with Gasteiger partial charge in [0, 0.05) is 5.56 Å². The normalized spacial score (nSPS) is 26.1. The number of likely N-dealkylation sites (tertiary alicyclic amines) is 2. The Labute approximate surface area is 270 Å². The molecule has 4 amide bonds. The number of benzene rings is 3. The van der Waals surface area contributed by atoms with Crippen LogP contribution in [0.25, 0.3) is 0 Å². The third-order valence-electron chi connectivity index (χ3n) is 8.04. The number of carbonyl (C=O) groups is 6. The van der Waals surface area contributed by atoms with Crippen LogP contribution in [0.15, 0.2) is 91.0 Å². The van der Waals surface area contributed by atoms with Crippen LogP contribution in [-0.2, 0) is 42.9 Å². The van der Waals surface area contributed by atoms with Crippen molar-refractivity contribution in [3.05, 3.63) is 108 Å². The van der Waals surface area contributed by atoms with Crippen LogP contribution >= 0.6 is 0 Å². The van der Waals surface area contributed by atoms with Gasteiger partial charge in [0.2, 0.25) is 0 Å². The minimum absolute atomic E-state index is 0.271. The fourth-order valence-electron chi connectivity index (χ4n) is 5.87. The van der Waals surface area contributed by atoms with Gasteiger partial charge in [-0.1, -0.05) is 48.5 Å². The first-order valence-corrected chi connectivity index (χ1v) is 14.7. The van der Waals surface area contributed by atoms with E-state index in [-0.39, 0.29) is 5.56 Å². The molecule has 1 radical (unpaired) electrons. The van der Waals surface area contributed by atoms with Crippen molar-refractivity contribution in [2.75, 3.05) is 0 Å². The van der Waals surface area contributed by atoms with Crippen molar-refractivity contribution in [2.24, 2.45) is 0 Å². The quantitative estimate of drug-likeness (QED) is 0.156. The summed E-state index contributed by atoms with van der Waals surface area (Å²) in [5.74, 6) is -5.90. The van der Waals surface area contributed by atoms with E-state index in [1.165, 1.54) is 13.8 Å². The number of nitrogens with zero attached hydrogens (tertiary/aromatic N) is 2. The second-order valence-corrected chi connectivity index (χ2v) is 11.5. The number of amides is 4. The summed E-state index contributed by atoms with van der Waals surface area (Å²) in [6.45, 7) is 2.92. The van der Waals surface area contributed by atoms with Gasteiger partial charge in [-0.25, -0.2) is 0 Å². The predicted octanol–water partition coefficient (Wildman–Crippen LogP) is 1.83. The SMILES string of the molecule is [B]=CC(=O)N1C(=O)[C@H](OC(=O)[C@@H]2OC(C)(C)O[C@H]2C(=O)O[C@H]2C(=O)N(C(=O)c3ccccc3)[C@H]2c2ccccc2)[C@@H]1c1ccccc1. The molecular formula is C34H28BN2O10. The van der Waals surface area contributed by atoms with E-state index in [1.807, 2.05) is 0 Å². The molecule has 3 aliphatic heterocycles. The Bertz CT molecular complexity index is 1750. The van der Waals surface area contributed by atoms with E-state index >= 15 is 0 Å². The topological polar surface area (TPSA) is 146 Å². The molecule has 6 atom stereocenters. The number of imide groups is 2. The van der Waals surface area contributed by atoms with E-state index in [0.717, 1.165) is 15.8 Å². The molecule has 0 aromatic heterocycles. The first-order chi connectivity index (χ1) is 22.5. The summed E-state index contributed by atoms with van der Waals surface area (Å²) in [6.07, 6.45) is -6.23. The number of β-lactam (4-membered cyclic amide) rings is 2. The summed E-state index contributed by atoms with van der Waals surface area (Å²) in [6, 6.07) is 23.2. The Morgan fingerprint density at radius 2 is 1.09 bits per heavy atom. The molecule has 0 saturated carbocycles. The van der Waals surface area contributed by atoms with Crippen molar-refractivity contribution in [1.29, 1.82) is 0 Å². The first-order valence-electron chi connectivity index (χ1n) is 14.7. The molecule has 0 spiro atoms. The van der Waals surface area contributed by atoms with Crippen LogP contribution in [-0.4, -0.2) is 89.0 Å². The number of ether oxygens (including phenoxy) is 4. The summed E-state index contributed by atoms with van der Waals surface area (Å²) in [4.78, 5) is 80.9. The van der Waals surface area contributed by atoms with Gasteiger partial charge in [0.15, 0.2) is 0 Å². The summed E-state index contributed by atoms with van der Waals surface area (Å²) >= 11 is 0. The van der Waals surface area contributed by atoms with Gasteiger partial charge in [-0.3, -0.25) is 14.5 Å². The molecule has 6 rings (SSSR count). The van der Waals surface area contributed by atoms with Gasteiger partial charge in [0.1, 0.15) is 6.04 Å². The molecule has 237 valence electrons. The van der Waals surface area contributed by atoms with Crippen molar-refractivity contribution >= 4 is 49.0 Å². The molecule has 3 aromatic carbocycles. The van der Waals surface area contributed by atoms with E-state index in [1.54, 1.807) is 91.0 Å². The molecule has 3 aliphatic rings. The van der Waals surface area contributed by atoms with Crippen LogP contribution in [0.2, 0.25) is 0 Å². The molecule has 12 nitrogen and oxygen atoms in total. The van der Waals surface area contributed by atoms with Crippen LogP contribution in [0, 0.1) is 0 Å². The van der Waals surface area contributed by atoms with Crippen LogP contribution < -0.4 is 0 Å². The molecule has 0 bridgehead atoms. The second kappa shape index (κ2) is 12.5. The van der Waals surface area contributed by atoms with Gasteiger partial charge in [-0.2, -0.15) is 0 Å². The van der Waals surface area contributed by atoms with E-state index in [4.69, 9.17) is 26.4 Å². The van der Waals surface area contributed by atoms with Gasteiger partial charge in [-0.15, -0.1) is 0 Å². The number of rotatable bonds is 8. The number of esters is 2. The maximum atomic E-state index is 13.6. The standard InChI is InChI=1S/C34H28BN2O10/c1-34(2)46-27(32(42)44-25-23(19-12-6-3-7-13-19)36(30(25)40)22(38)18-35)28(47-34)33(43)45-26-24(20-14-8-4-9-15-20)37(31(26)41)29(39)21-16-10-5-11-17-21/h3-18,23-28H,1-2H3/t23-,24-,25+,26+,27+,28+/m0/s1. The Hall–Kier alpha value is -5.27. The van der Waals surface area contributed by atoms with Gasteiger partial charge in [-0.05, 0) is 17.7 Å². The van der Waals surface area contributed by atoms with Crippen molar-refractivity contribution in [2.45, 2.75) is 56.1 Å². The third kappa shape index (κ3) is 5.79. The first kappa shape index (κ1) is 31.7. The zero-order valence-electron chi connectivity index (χ0n) is 25.3. The van der Waals surface area contributed by atoms with E-state index in [9.17, 15) is 28.8 Å². The summed E-state index contributed by atoms with van der Waals surface area (Å²) in [5.41, 5.74) is 1.32. The Kier molecular flexibility index (Phi) is 8.43. The molecule has 0 N–H and O–H groups in total. The van der Waals surface area contributed by atoms with Crippen LogP contribution in [0.1, 0.15) is 47.4 Å². The minimum atomic E-state index is -1.69. The third-order valence-corrected chi connectivity index (χ3v) is 8.04. The van der Waals surface area contributed by atoms with Crippen molar-refractivity contribution in [3.8, 4) is 0 Å². The van der Waals surface area contributed by atoms with Crippen LogP contribution in [0.4, 0.5) is 0 Å². The number of hydrogen-bond acceptors (Lipinski definition) is 10. The number of hydrogen-bond donors (Lipinski definition) is 0. The zero-order valence-corrected chi connectivity index (χ0v) is 25.3. The molecule has 0 aliphatic carbocycles. The Balaban J connectivity index is 1.21. The molecule has 3 saturated heterocycles. The molecular weight excluding hydrogens is 607 g/mol. The molecule has 0 unspecified atom stereocenters. The molecule has 47 heavy (non-hydrogen) atoms. The molecule has 13 heteroatoms. The van der Waals surface area contributed by atoms with Gasteiger partial charge >= 0.3 is 166 Å². The van der Waals surface area contributed by atoms with Gasteiger partial charge in [0.25, 0.3) is 11.8 Å². The Morgan fingerprint density at radius 1 is 0.681 bits per heavy atom. The molecule has 3 heterocycles. The van der Waals surface area contributed by atoms with Gasteiger partial charge in [0.05, 0.1) is 0 Å². The fraction of sp³-hybridized carbons (Fsp3) is 0.265. The molecule has 3 aromatic rings. The van der Waals surface area contributed by atoms with Crippen molar-refractivity contribution in [3.63, 3.8) is 0 Å². The van der Waals surface area contributed by atoms with Crippen LogP contribution in [0.5, 0.6) is 0 Å². The fourth-order valence-corrected chi connectivity index (χ4v) is 5.87. The summed E-state index contributed by atoms with van der Waals surface area (Å²) < 4.78 is 22.6. The predicted molar refractivity (Wildman–Crippen MR) is 163 cm³/mol. The van der Waals surface area contributed by atoms with E-state index in [0.29, 0.717) is 11.1 Å².